The van der Waals surface area contributed by atoms with E-state index in [1.54, 1.807) is 0 Å². The van der Waals surface area contributed by atoms with Crippen LogP contribution < -0.4 is 4.90 Å². The molecule has 6 aliphatic carbocycles. The quantitative estimate of drug-likeness (QED) is 0.170. The Bertz CT molecular complexity index is 4720. The number of nitrogens with zero attached hydrogens (tertiary/aromatic N) is 1. The molecular formula is C81H53N. The first-order chi connectivity index (χ1) is 40.6. The van der Waals surface area contributed by atoms with Crippen molar-refractivity contribution >= 4 is 22.6 Å². The van der Waals surface area contributed by atoms with Gasteiger partial charge in [-0.25, -0.2) is 0 Å². The second-order valence-corrected chi connectivity index (χ2v) is 23.1. The lowest BCUT2D eigenvalue weighted by molar-refractivity contribution is 0.792. The summed E-state index contributed by atoms with van der Waals surface area (Å²) in [5, 5.41) is 0. The molecule has 1 atom stereocenters. The van der Waals surface area contributed by atoms with Crippen molar-refractivity contribution in [3.63, 3.8) is 0 Å². The van der Waals surface area contributed by atoms with Crippen LogP contribution in [0.4, 0.5) is 17.1 Å². The molecule has 0 heterocycles. The van der Waals surface area contributed by atoms with E-state index in [1.807, 2.05) is 0 Å². The van der Waals surface area contributed by atoms with E-state index in [1.165, 1.54) is 145 Å². The van der Waals surface area contributed by atoms with Crippen molar-refractivity contribution in [1.82, 2.24) is 0 Å². The van der Waals surface area contributed by atoms with Crippen LogP contribution >= 0.6 is 0 Å². The summed E-state index contributed by atoms with van der Waals surface area (Å²) in [6.45, 7) is 4.43. The molecule has 82 heavy (non-hydrogen) atoms. The van der Waals surface area contributed by atoms with Crippen molar-refractivity contribution in [2.24, 2.45) is 0 Å². The Hall–Kier alpha value is -10.1. The van der Waals surface area contributed by atoms with Crippen LogP contribution in [0.15, 0.2) is 291 Å². The van der Waals surface area contributed by atoms with Gasteiger partial charge in [0.2, 0.25) is 0 Å². The molecule has 6 aliphatic rings. The van der Waals surface area contributed by atoms with Gasteiger partial charge in [-0.3, -0.25) is 0 Å². The van der Waals surface area contributed by atoms with Crippen molar-refractivity contribution < 1.29 is 0 Å². The number of benzene rings is 12. The summed E-state index contributed by atoms with van der Waals surface area (Å²) in [4.78, 5) is 2.54. The van der Waals surface area contributed by atoms with Crippen LogP contribution in [0.5, 0.6) is 0 Å². The van der Waals surface area contributed by atoms with E-state index < -0.39 is 16.2 Å². The molecule has 0 N–H and O–H groups in total. The fourth-order valence-electron chi connectivity index (χ4n) is 17.0. The fourth-order valence-corrected chi connectivity index (χ4v) is 17.0. The highest BCUT2D eigenvalue weighted by Gasteiger charge is 2.55. The molecule has 1 nitrogen and oxygen atoms in total. The van der Waals surface area contributed by atoms with Gasteiger partial charge in [0, 0.05) is 17.1 Å². The molecule has 1 heteroatoms. The number of anilines is 3. The third-order valence-electron chi connectivity index (χ3n) is 19.9. The van der Waals surface area contributed by atoms with Crippen LogP contribution in [0.25, 0.3) is 72.3 Å². The Kier molecular flexibility index (Phi) is 9.21. The molecule has 12 aromatic rings. The summed E-state index contributed by atoms with van der Waals surface area (Å²) in [5.41, 5.74) is 36.1. The van der Waals surface area contributed by atoms with Gasteiger partial charge in [0.05, 0.1) is 16.2 Å². The summed E-state index contributed by atoms with van der Waals surface area (Å²) in [5.74, 6) is 0. The molecule has 0 amide bonds. The van der Waals surface area contributed by atoms with Gasteiger partial charge in [0.1, 0.15) is 0 Å². The Morgan fingerprint density at radius 3 is 0.890 bits per heavy atom. The van der Waals surface area contributed by atoms with Crippen LogP contribution in [0.1, 0.15) is 80.6 Å². The van der Waals surface area contributed by atoms with Gasteiger partial charge in [0.15, 0.2) is 0 Å². The van der Waals surface area contributed by atoms with Gasteiger partial charge in [-0.15, -0.1) is 0 Å². The van der Waals surface area contributed by atoms with Gasteiger partial charge in [-0.1, -0.05) is 243 Å². The minimum absolute atomic E-state index is 0.415. The van der Waals surface area contributed by atoms with Crippen LogP contribution in [-0.4, -0.2) is 0 Å². The Morgan fingerprint density at radius 1 is 0.232 bits per heavy atom. The van der Waals surface area contributed by atoms with Crippen LogP contribution in [-0.2, 0) is 16.2 Å². The Morgan fingerprint density at radius 2 is 0.512 bits per heavy atom. The first-order valence-electron chi connectivity index (χ1n) is 29.1. The molecule has 382 valence electrons. The highest BCUT2D eigenvalue weighted by Crippen LogP contribution is 2.67. The number of fused-ring (bicyclic) bond motifs is 27. The van der Waals surface area contributed by atoms with Crippen LogP contribution in [0.3, 0.4) is 0 Å². The molecule has 0 radical (unpaired) electrons. The van der Waals surface area contributed by atoms with E-state index in [2.05, 4.69) is 304 Å². The largest absolute Gasteiger partial charge is 0.310 e. The molecule has 0 aliphatic heterocycles. The Balaban J connectivity index is 0.854. The predicted octanol–water partition coefficient (Wildman–Crippen LogP) is 20.2. The lowest BCUT2D eigenvalue weighted by Crippen LogP contribution is -2.26. The SMILES string of the molecule is C/C=C1\C(=C/C)C2(c3ccccc31)c1ccccc1-c1ccc(N(c3ccc(-c4ccc5c(c4)C4(c6ccccc6-c6ccccc64)c4ccccc4-5)cc3)c3ccc4c(c3)C3(c5ccccc5-c5ccccc53)c3ccccc3-4)cc12. The normalized spacial score (nSPS) is 17.4. The topological polar surface area (TPSA) is 3.24 Å². The molecule has 0 fully saturated rings. The minimum Gasteiger partial charge on any atom is -0.310 e. The average Bonchev–Trinajstić information content (AvgIpc) is 1.70. The highest BCUT2D eigenvalue weighted by atomic mass is 15.1. The zero-order valence-corrected chi connectivity index (χ0v) is 45.6. The smallest absolute Gasteiger partial charge is 0.0726 e. The monoisotopic (exact) mass is 1040 g/mol. The summed E-state index contributed by atoms with van der Waals surface area (Å²) < 4.78 is 0. The first-order valence-corrected chi connectivity index (χ1v) is 29.1. The fraction of sp³-hybridized carbons (Fsp3) is 0.0617. The van der Waals surface area contributed by atoms with Crippen molar-refractivity contribution in [3.05, 3.63) is 357 Å². The van der Waals surface area contributed by atoms with E-state index >= 15 is 0 Å². The number of allylic oxidation sites excluding steroid dienone is 4. The average molecular weight is 1040 g/mol. The van der Waals surface area contributed by atoms with Crippen molar-refractivity contribution in [2.45, 2.75) is 30.1 Å². The lowest BCUT2D eigenvalue weighted by Gasteiger charge is -2.33. The Labute approximate surface area is 479 Å². The maximum absolute atomic E-state index is 2.54. The molecular weight excluding hydrogens is 987 g/mol. The van der Waals surface area contributed by atoms with Crippen LogP contribution in [0, 0.1) is 0 Å². The minimum atomic E-state index is -0.490. The van der Waals surface area contributed by atoms with Gasteiger partial charge in [0.25, 0.3) is 0 Å². The number of hydrogen-bond donors (Lipinski definition) is 0. The summed E-state index contributed by atoms with van der Waals surface area (Å²) in [6.07, 6.45) is 4.70. The molecule has 0 bridgehead atoms. The van der Waals surface area contributed by atoms with E-state index in [-0.39, 0.29) is 0 Å². The molecule has 18 rings (SSSR count). The summed E-state index contributed by atoms with van der Waals surface area (Å²) >= 11 is 0. The molecule has 0 saturated carbocycles. The first kappa shape index (κ1) is 45.7. The van der Waals surface area contributed by atoms with Crippen molar-refractivity contribution in [3.8, 4) is 66.8 Å². The van der Waals surface area contributed by atoms with Gasteiger partial charge in [-0.2, -0.15) is 0 Å². The predicted molar refractivity (Wildman–Crippen MR) is 338 cm³/mol. The zero-order valence-electron chi connectivity index (χ0n) is 45.6. The van der Waals surface area contributed by atoms with Gasteiger partial charge >= 0.3 is 0 Å². The highest BCUT2D eigenvalue weighted by molar-refractivity contribution is 6.02. The maximum atomic E-state index is 2.54. The molecule has 1 unspecified atom stereocenters. The van der Waals surface area contributed by atoms with Crippen LogP contribution in [0.2, 0.25) is 0 Å². The van der Waals surface area contributed by atoms with E-state index in [0.717, 1.165) is 17.1 Å². The van der Waals surface area contributed by atoms with Crippen molar-refractivity contribution in [2.75, 3.05) is 4.90 Å². The maximum Gasteiger partial charge on any atom is 0.0726 e. The standard InChI is InChI=1S/C81H53N/c1-3-55-56-21-5-13-29-68(56)79(67(55)4-2)69-30-14-10-27-62(69)65-45-42-53(48-77(65)79)82(54-43-46-66-63-28-12-20-36-75(63)81(78(66)49-54)72-33-17-8-24-59(72)60-25-9-18-34-73(60)81)52-40-37-50(38-41-52)51-39-44-64-61-26-11-19-35-74(61)80(76(64)47-51)70-31-15-6-22-57(70)58-23-7-16-32-71(58)80/h3-49H,1-2H3/b55-3-,67-4+. The molecule has 3 spiro atoms. The van der Waals surface area contributed by atoms with Crippen molar-refractivity contribution in [1.29, 1.82) is 0 Å². The third-order valence-corrected chi connectivity index (χ3v) is 19.9. The third kappa shape index (κ3) is 5.45. The second kappa shape index (κ2) is 16.5. The number of hydrogen-bond acceptors (Lipinski definition) is 1. The van der Waals surface area contributed by atoms with E-state index in [4.69, 9.17) is 0 Å². The summed E-state index contributed by atoms with van der Waals surface area (Å²) in [7, 11) is 0. The molecule has 0 saturated heterocycles. The number of rotatable bonds is 4. The zero-order chi connectivity index (χ0) is 54.1. The van der Waals surface area contributed by atoms with E-state index in [0.29, 0.717) is 0 Å². The summed E-state index contributed by atoms with van der Waals surface area (Å²) in [6, 6.07) is 104. The molecule has 0 aromatic heterocycles. The van der Waals surface area contributed by atoms with E-state index in [9.17, 15) is 0 Å². The van der Waals surface area contributed by atoms with Gasteiger partial charge in [-0.05, 0) is 201 Å². The van der Waals surface area contributed by atoms with Gasteiger partial charge < -0.3 is 4.90 Å². The lowest BCUT2D eigenvalue weighted by atomic mass is 9.70. The molecule has 12 aromatic carbocycles. The second-order valence-electron chi connectivity index (χ2n) is 23.1.